The molecule has 1 N–H and O–H groups in total. The third-order valence-electron chi connectivity index (χ3n) is 4.12. The second kappa shape index (κ2) is 5.85. The van der Waals surface area contributed by atoms with Crippen molar-refractivity contribution in [2.75, 3.05) is 23.3 Å². The number of hydrogen-bond donors (Lipinski definition) is 1. The molecule has 2 heterocycles. The molecule has 0 bridgehead atoms. The van der Waals surface area contributed by atoms with Gasteiger partial charge in [0.05, 0.1) is 6.54 Å². The van der Waals surface area contributed by atoms with Crippen molar-refractivity contribution in [3.63, 3.8) is 0 Å². The summed E-state index contributed by atoms with van der Waals surface area (Å²) in [5, 5.41) is 4.29. The van der Waals surface area contributed by atoms with Crippen molar-refractivity contribution in [2.45, 2.75) is 6.92 Å². The second-order valence-corrected chi connectivity index (χ2v) is 5.78. The number of rotatable bonds is 2. The van der Waals surface area contributed by atoms with Gasteiger partial charge in [-0.1, -0.05) is 18.2 Å². The molecule has 0 atom stereocenters. The van der Waals surface area contributed by atoms with E-state index in [0.717, 1.165) is 41.4 Å². The number of guanidine groups is 1. The van der Waals surface area contributed by atoms with Crippen molar-refractivity contribution in [1.29, 1.82) is 0 Å². The first-order valence-electron chi connectivity index (χ1n) is 7.89. The van der Waals surface area contributed by atoms with Crippen LogP contribution in [0.15, 0.2) is 68.8 Å². The number of para-hydroxylation sites is 1. The van der Waals surface area contributed by atoms with Crippen molar-refractivity contribution >= 4 is 28.3 Å². The Morgan fingerprint density at radius 2 is 1.96 bits per heavy atom. The zero-order valence-corrected chi connectivity index (χ0v) is 13.3. The molecule has 3 aromatic rings. The maximum Gasteiger partial charge on any atom is 0.336 e. The Bertz CT molecular complexity index is 977. The first-order chi connectivity index (χ1) is 11.7. The molecule has 0 radical (unpaired) electrons. The molecule has 24 heavy (non-hydrogen) atoms. The number of hydrogen-bond acceptors (Lipinski definition) is 5. The van der Waals surface area contributed by atoms with Gasteiger partial charge in [-0.15, -0.1) is 0 Å². The van der Waals surface area contributed by atoms with Crippen LogP contribution in [0.25, 0.3) is 11.0 Å². The van der Waals surface area contributed by atoms with E-state index in [1.807, 2.05) is 55.5 Å². The van der Waals surface area contributed by atoms with Crippen LogP contribution in [-0.2, 0) is 0 Å². The minimum atomic E-state index is -0.324. The van der Waals surface area contributed by atoms with E-state index in [1.54, 1.807) is 0 Å². The van der Waals surface area contributed by atoms with Gasteiger partial charge in [0.2, 0.25) is 5.96 Å². The molecule has 0 fully saturated rings. The van der Waals surface area contributed by atoms with Gasteiger partial charge in [-0.05, 0) is 36.8 Å². The Labute approximate surface area is 139 Å². The monoisotopic (exact) mass is 319 g/mol. The van der Waals surface area contributed by atoms with E-state index in [-0.39, 0.29) is 5.63 Å². The average molecular weight is 319 g/mol. The summed E-state index contributed by atoms with van der Waals surface area (Å²) in [6, 6.07) is 17.4. The molecule has 5 heteroatoms. The summed E-state index contributed by atoms with van der Waals surface area (Å²) in [6.07, 6.45) is 0. The highest BCUT2D eigenvalue weighted by Crippen LogP contribution is 2.25. The highest BCUT2D eigenvalue weighted by atomic mass is 16.4. The van der Waals surface area contributed by atoms with Crippen LogP contribution >= 0.6 is 0 Å². The zero-order chi connectivity index (χ0) is 16.5. The van der Waals surface area contributed by atoms with Gasteiger partial charge in [0.1, 0.15) is 5.58 Å². The molecule has 0 saturated heterocycles. The molecule has 5 nitrogen and oxygen atoms in total. The maximum atomic E-state index is 11.6. The van der Waals surface area contributed by atoms with Crippen molar-refractivity contribution in [3.05, 3.63) is 70.6 Å². The van der Waals surface area contributed by atoms with Gasteiger partial charge in [0, 0.05) is 35.4 Å². The minimum absolute atomic E-state index is 0.324. The first-order valence-corrected chi connectivity index (χ1v) is 7.89. The third kappa shape index (κ3) is 2.65. The molecule has 1 aromatic heterocycles. The molecule has 0 spiro atoms. The number of nitrogens with zero attached hydrogens (tertiary/aromatic N) is 2. The number of fused-ring (bicyclic) bond motifs is 1. The standard InChI is InChI=1S/C19H17N3O2/c1-13-11-18(23)24-17-12-15(7-8-16(13)17)22-10-9-20-19(22)21-14-5-3-2-4-6-14/h2-8,11-12H,9-10H2,1H3,(H,20,21). The number of aliphatic imine (C=N–C) groups is 1. The first kappa shape index (κ1) is 14.5. The summed E-state index contributed by atoms with van der Waals surface area (Å²) in [7, 11) is 0. The number of aryl methyl sites for hydroxylation is 1. The fourth-order valence-electron chi connectivity index (χ4n) is 2.94. The van der Waals surface area contributed by atoms with Crippen LogP contribution in [0.2, 0.25) is 0 Å². The summed E-state index contributed by atoms with van der Waals surface area (Å²) >= 11 is 0. The fraction of sp³-hybridized carbons (Fsp3) is 0.158. The molecule has 0 aliphatic carbocycles. The smallest absolute Gasteiger partial charge is 0.336 e. The topological polar surface area (TPSA) is 57.8 Å². The van der Waals surface area contributed by atoms with Crippen LogP contribution in [0.5, 0.6) is 0 Å². The van der Waals surface area contributed by atoms with E-state index >= 15 is 0 Å². The lowest BCUT2D eigenvalue weighted by atomic mass is 10.1. The largest absolute Gasteiger partial charge is 0.423 e. The lowest BCUT2D eigenvalue weighted by molar-refractivity contribution is 0.560. The van der Waals surface area contributed by atoms with E-state index in [2.05, 4.69) is 15.2 Å². The van der Waals surface area contributed by atoms with E-state index < -0.39 is 0 Å². The van der Waals surface area contributed by atoms with Gasteiger partial charge in [0.15, 0.2) is 0 Å². The highest BCUT2D eigenvalue weighted by Gasteiger charge is 2.19. The van der Waals surface area contributed by atoms with Crippen molar-refractivity contribution in [3.8, 4) is 0 Å². The summed E-state index contributed by atoms with van der Waals surface area (Å²) in [5.41, 5.74) is 3.14. The lowest BCUT2D eigenvalue weighted by Crippen LogP contribution is -2.32. The Morgan fingerprint density at radius 3 is 2.79 bits per heavy atom. The second-order valence-electron chi connectivity index (χ2n) is 5.78. The van der Waals surface area contributed by atoms with Gasteiger partial charge in [-0.2, -0.15) is 0 Å². The van der Waals surface area contributed by atoms with E-state index in [0.29, 0.717) is 5.58 Å². The van der Waals surface area contributed by atoms with Crippen molar-refractivity contribution < 1.29 is 4.42 Å². The third-order valence-corrected chi connectivity index (χ3v) is 4.12. The number of nitrogens with one attached hydrogen (secondary N) is 1. The van der Waals surface area contributed by atoms with E-state index in [4.69, 9.17) is 4.42 Å². The van der Waals surface area contributed by atoms with Gasteiger partial charge in [-0.3, -0.25) is 4.99 Å². The maximum absolute atomic E-state index is 11.6. The van der Waals surface area contributed by atoms with Crippen molar-refractivity contribution in [1.82, 2.24) is 0 Å². The van der Waals surface area contributed by atoms with Gasteiger partial charge >= 0.3 is 5.63 Å². The van der Waals surface area contributed by atoms with Gasteiger partial charge in [0.25, 0.3) is 0 Å². The zero-order valence-electron chi connectivity index (χ0n) is 13.3. The Morgan fingerprint density at radius 1 is 1.12 bits per heavy atom. The summed E-state index contributed by atoms with van der Waals surface area (Å²) < 4.78 is 5.35. The van der Waals surface area contributed by atoms with Crippen LogP contribution in [-0.4, -0.2) is 19.0 Å². The van der Waals surface area contributed by atoms with Crippen LogP contribution < -0.4 is 15.8 Å². The Hall–Kier alpha value is -3.08. The Kier molecular flexibility index (Phi) is 3.54. The van der Waals surface area contributed by atoms with Gasteiger partial charge < -0.3 is 14.6 Å². The van der Waals surface area contributed by atoms with Crippen molar-refractivity contribution in [2.24, 2.45) is 4.99 Å². The van der Waals surface area contributed by atoms with Crippen LogP contribution in [0.1, 0.15) is 5.56 Å². The quantitative estimate of drug-likeness (QED) is 0.736. The predicted octanol–water partition coefficient (Wildman–Crippen LogP) is 3.39. The molecule has 0 amide bonds. The minimum Gasteiger partial charge on any atom is -0.423 e. The molecule has 4 rings (SSSR count). The summed E-state index contributed by atoms with van der Waals surface area (Å²) in [4.78, 5) is 18.3. The molecule has 120 valence electrons. The Balaban J connectivity index is 1.69. The summed E-state index contributed by atoms with van der Waals surface area (Å²) in [5.74, 6) is 0.801. The molecule has 2 aromatic carbocycles. The normalized spacial score (nSPS) is 14.0. The molecule has 1 aliphatic heterocycles. The van der Waals surface area contributed by atoms with E-state index in [9.17, 15) is 4.79 Å². The van der Waals surface area contributed by atoms with Gasteiger partial charge in [-0.25, -0.2) is 4.79 Å². The summed E-state index contributed by atoms with van der Waals surface area (Å²) in [6.45, 7) is 3.43. The van der Waals surface area contributed by atoms with E-state index in [1.165, 1.54) is 6.07 Å². The van der Waals surface area contributed by atoms with Crippen LogP contribution in [0.4, 0.5) is 11.4 Å². The molecular formula is C19H17N3O2. The number of anilines is 2. The average Bonchev–Trinajstić information content (AvgIpc) is 3.03. The molecular weight excluding hydrogens is 302 g/mol. The lowest BCUT2D eigenvalue weighted by Gasteiger charge is -2.21. The molecule has 0 unspecified atom stereocenters. The SMILES string of the molecule is Cc1cc(=O)oc2cc(N3CCN=C3Nc3ccccc3)ccc12. The predicted molar refractivity (Wildman–Crippen MR) is 96.9 cm³/mol. The number of benzene rings is 2. The fourth-order valence-corrected chi connectivity index (χ4v) is 2.94. The van der Waals surface area contributed by atoms with Crippen LogP contribution in [0, 0.1) is 6.92 Å². The van der Waals surface area contributed by atoms with Crippen LogP contribution in [0.3, 0.4) is 0 Å². The highest BCUT2D eigenvalue weighted by molar-refractivity contribution is 6.07. The molecule has 0 saturated carbocycles. The molecule has 1 aliphatic rings.